The van der Waals surface area contributed by atoms with Gasteiger partial charge in [-0.15, -0.1) is 0 Å². The van der Waals surface area contributed by atoms with Crippen molar-refractivity contribution in [1.82, 2.24) is 14.9 Å². The first-order valence-electron chi connectivity index (χ1n) is 7.51. The van der Waals surface area contributed by atoms with E-state index in [1.165, 1.54) is 12.1 Å². The molecule has 118 valence electrons. The predicted molar refractivity (Wildman–Crippen MR) is 87.1 cm³/mol. The van der Waals surface area contributed by atoms with Crippen LogP contribution in [0.4, 0.5) is 4.39 Å². The van der Waals surface area contributed by atoms with E-state index in [4.69, 9.17) is 0 Å². The van der Waals surface area contributed by atoms with Gasteiger partial charge in [-0.05, 0) is 35.4 Å². The van der Waals surface area contributed by atoms with Gasteiger partial charge in [0, 0.05) is 43.6 Å². The van der Waals surface area contributed by atoms with Crippen LogP contribution in [-0.2, 0) is 13.1 Å². The Balaban J connectivity index is 1.88. The molecule has 4 nitrogen and oxygen atoms in total. The molecule has 1 N–H and O–H groups in total. The Labute approximate surface area is 134 Å². The standard InChI is InChI=1S/C18H18FN3O/c19-17-9-15-4-2-6-21-18(15)16(10-17)13-22(7-8-23)12-14-3-1-5-20-11-14/h1-6,9-11,23H,7-8,12-13H2. The highest BCUT2D eigenvalue weighted by atomic mass is 19.1. The van der Waals surface area contributed by atoms with E-state index < -0.39 is 0 Å². The van der Waals surface area contributed by atoms with Gasteiger partial charge in [-0.25, -0.2) is 4.39 Å². The molecule has 3 aromatic rings. The molecule has 0 aliphatic heterocycles. The third kappa shape index (κ3) is 3.88. The molecule has 0 saturated heterocycles. The van der Waals surface area contributed by atoms with E-state index in [0.717, 1.165) is 22.0 Å². The fourth-order valence-corrected chi connectivity index (χ4v) is 2.69. The molecule has 0 aliphatic carbocycles. The predicted octanol–water partition coefficient (Wildman–Crippen LogP) is 2.76. The molecule has 0 atom stereocenters. The number of aliphatic hydroxyl groups excluding tert-OH is 1. The molecule has 0 spiro atoms. The molecule has 0 bridgehead atoms. The molecular weight excluding hydrogens is 293 g/mol. The molecule has 0 aliphatic rings. The fourth-order valence-electron chi connectivity index (χ4n) is 2.69. The highest BCUT2D eigenvalue weighted by molar-refractivity contribution is 5.81. The van der Waals surface area contributed by atoms with Crippen molar-refractivity contribution in [2.75, 3.05) is 13.2 Å². The third-order valence-electron chi connectivity index (χ3n) is 3.69. The zero-order valence-electron chi connectivity index (χ0n) is 12.7. The Kier molecular flexibility index (Phi) is 4.90. The largest absolute Gasteiger partial charge is 0.395 e. The number of aromatic nitrogens is 2. The van der Waals surface area contributed by atoms with E-state index >= 15 is 0 Å². The SMILES string of the molecule is OCCN(Cc1cccnc1)Cc1cc(F)cc2cccnc12. The second-order valence-corrected chi connectivity index (χ2v) is 5.44. The molecule has 0 saturated carbocycles. The Morgan fingerprint density at radius 2 is 1.96 bits per heavy atom. The van der Waals surface area contributed by atoms with E-state index in [2.05, 4.69) is 14.9 Å². The van der Waals surface area contributed by atoms with Crippen molar-refractivity contribution in [2.45, 2.75) is 13.1 Å². The van der Waals surface area contributed by atoms with Gasteiger partial charge in [-0.3, -0.25) is 14.9 Å². The number of benzene rings is 1. The third-order valence-corrected chi connectivity index (χ3v) is 3.69. The molecule has 0 fully saturated rings. The van der Waals surface area contributed by atoms with Crippen LogP contribution in [0, 0.1) is 5.82 Å². The Morgan fingerprint density at radius 3 is 2.74 bits per heavy atom. The van der Waals surface area contributed by atoms with Crippen LogP contribution in [0.5, 0.6) is 0 Å². The number of hydrogen-bond acceptors (Lipinski definition) is 4. The van der Waals surface area contributed by atoms with E-state index in [9.17, 15) is 9.50 Å². The molecule has 2 aromatic heterocycles. The molecule has 0 amide bonds. The van der Waals surface area contributed by atoms with Gasteiger partial charge in [0.25, 0.3) is 0 Å². The summed E-state index contributed by atoms with van der Waals surface area (Å²) in [6.45, 7) is 1.70. The maximum Gasteiger partial charge on any atom is 0.124 e. The smallest absolute Gasteiger partial charge is 0.124 e. The van der Waals surface area contributed by atoms with Crippen molar-refractivity contribution >= 4 is 10.9 Å². The Hall–Kier alpha value is -2.37. The van der Waals surface area contributed by atoms with Crippen LogP contribution < -0.4 is 0 Å². The summed E-state index contributed by atoms with van der Waals surface area (Å²) in [4.78, 5) is 10.5. The van der Waals surface area contributed by atoms with Gasteiger partial charge in [-0.2, -0.15) is 0 Å². The van der Waals surface area contributed by atoms with Crippen molar-refractivity contribution in [3.63, 3.8) is 0 Å². The maximum absolute atomic E-state index is 13.9. The molecule has 3 rings (SSSR count). The van der Waals surface area contributed by atoms with E-state index in [0.29, 0.717) is 19.6 Å². The minimum Gasteiger partial charge on any atom is -0.395 e. The summed E-state index contributed by atoms with van der Waals surface area (Å²) in [5.41, 5.74) is 2.66. The number of nitrogens with zero attached hydrogens (tertiary/aromatic N) is 3. The van der Waals surface area contributed by atoms with E-state index in [1.54, 1.807) is 24.7 Å². The number of aliphatic hydroxyl groups is 1. The fraction of sp³-hybridized carbons (Fsp3) is 0.222. The Morgan fingerprint density at radius 1 is 1.09 bits per heavy atom. The van der Waals surface area contributed by atoms with Gasteiger partial charge in [0.15, 0.2) is 0 Å². The van der Waals surface area contributed by atoms with Crippen LogP contribution in [0.3, 0.4) is 0 Å². The first kappa shape index (κ1) is 15.5. The van der Waals surface area contributed by atoms with Crippen molar-refractivity contribution in [1.29, 1.82) is 0 Å². The van der Waals surface area contributed by atoms with Crippen LogP contribution in [0.2, 0.25) is 0 Å². The van der Waals surface area contributed by atoms with Crippen LogP contribution >= 0.6 is 0 Å². The summed E-state index contributed by atoms with van der Waals surface area (Å²) in [6, 6.07) is 10.5. The molecule has 23 heavy (non-hydrogen) atoms. The number of hydrogen-bond donors (Lipinski definition) is 1. The zero-order chi connectivity index (χ0) is 16.1. The van der Waals surface area contributed by atoms with Crippen LogP contribution in [0.1, 0.15) is 11.1 Å². The van der Waals surface area contributed by atoms with Crippen molar-refractivity contribution in [2.24, 2.45) is 0 Å². The van der Waals surface area contributed by atoms with E-state index in [-0.39, 0.29) is 12.4 Å². The van der Waals surface area contributed by atoms with Gasteiger partial charge < -0.3 is 5.11 Å². The minimum atomic E-state index is -0.272. The first-order valence-corrected chi connectivity index (χ1v) is 7.51. The Bertz CT molecular complexity index is 780. The molecule has 2 heterocycles. The highest BCUT2D eigenvalue weighted by Gasteiger charge is 2.11. The quantitative estimate of drug-likeness (QED) is 0.760. The van der Waals surface area contributed by atoms with Crippen molar-refractivity contribution in [3.05, 3.63) is 71.9 Å². The van der Waals surface area contributed by atoms with Crippen LogP contribution in [0.25, 0.3) is 10.9 Å². The zero-order valence-corrected chi connectivity index (χ0v) is 12.7. The number of fused-ring (bicyclic) bond motifs is 1. The summed E-state index contributed by atoms with van der Waals surface area (Å²) in [6.07, 6.45) is 5.23. The number of halogens is 1. The summed E-state index contributed by atoms with van der Waals surface area (Å²) in [5, 5.41) is 10.1. The number of rotatable bonds is 6. The lowest BCUT2D eigenvalue weighted by Crippen LogP contribution is -2.26. The monoisotopic (exact) mass is 311 g/mol. The second-order valence-electron chi connectivity index (χ2n) is 5.44. The van der Waals surface area contributed by atoms with Crippen molar-refractivity contribution < 1.29 is 9.50 Å². The summed E-state index contributed by atoms with van der Waals surface area (Å²) in [5.74, 6) is -0.272. The second kappa shape index (κ2) is 7.26. The number of pyridine rings is 2. The molecule has 1 aromatic carbocycles. The topological polar surface area (TPSA) is 49.2 Å². The van der Waals surface area contributed by atoms with E-state index in [1.807, 2.05) is 18.2 Å². The van der Waals surface area contributed by atoms with Gasteiger partial charge in [0.05, 0.1) is 12.1 Å². The van der Waals surface area contributed by atoms with Crippen LogP contribution in [0.15, 0.2) is 55.0 Å². The lowest BCUT2D eigenvalue weighted by molar-refractivity contribution is 0.184. The average molecular weight is 311 g/mol. The lowest BCUT2D eigenvalue weighted by Gasteiger charge is -2.22. The first-order chi connectivity index (χ1) is 11.3. The minimum absolute atomic E-state index is 0.0426. The van der Waals surface area contributed by atoms with Gasteiger partial charge in [0.2, 0.25) is 0 Å². The normalized spacial score (nSPS) is 11.3. The molecule has 5 heteroatoms. The average Bonchev–Trinajstić information content (AvgIpc) is 2.56. The van der Waals surface area contributed by atoms with Gasteiger partial charge in [-0.1, -0.05) is 12.1 Å². The summed E-state index contributed by atoms with van der Waals surface area (Å²) >= 11 is 0. The highest BCUT2D eigenvalue weighted by Crippen LogP contribution is 2.20. The summed E-state index contributed by atoms with van der Waals surface area (Å²) < 4.78 is 13.9. The van der Waals surface area contributed by atoms with Crippen LogP contribution in [-0.4, -0.2) is 33.1 Å². The molecule has 0 unspecified atom stereocenters. The van der Waals surface area contributed by atoms with Gasteiger partial charge in [0.1, 0.15) is 5.82 Å². The molecule has 0 radical (unpaired) electrons. The van der Waals surface area contributed by atoms with Crippen molar-refractivity contribution in [3.8, 4) is 0 Å². The van der Waals surface area contributed by atoms with Gasteiger partial charge >= 0.3 is 0 Å². The summed E-state index contributed by atoms with van der Waals surface area (Å²) in [7, 11) is 0. The molecular formula is C18H18FN3O. The maximum atomic E-state index is 13.9. The lowest BCUT2D eigenvalue weighted by atomic mass is 10.1.